The molecule has 0 radical (unpaired) electrons. The van der Waals surface area contributed by atoms with E-state index in [1.54, 1.807) is 0 Å². The first-order chi connectivity index (χ1) is 10.4. The lowest BCUT2D eigenvalue weighted by Gasteiger charge is -2.09. The Hall–Kier alpha value is -2.99. The van der Waals surface area contributed by atoms with Crippen molar-refractivity contribution in [1.82, 2.24) is 19.6 Å². The van der Waals surface area contributed by atoms with Crippen LogP contribution in [0.4, 0.5) is 5.95 Å². The van der Waals surface area contributed by atoms with Crippen molar-refractivity contribution in [2.75, 3.05) is 5.43 Å². The number of aromatic nitrogens is 4. The third kappa shape index (κ3) is 1.73. The molecular weight excluding hydrogens is 264 g/mol. The van der Waals surface area contributed by atoms with E-state index in [1.165, 1.54) is 0 Å². The molecular formula is C15H12N6. The van der Waals surface area contributed by atoms with Gasteiger partial charge in [-0.1, -0.05) is 42.5 Å². The van der Waals surface area contributed by atoms with Gasteiger partial charge in [-0.3, -0.25) is 5.43 Å². The Labute approximate surface area is 120 Å². The third-order valence-corrected chi connectivity index (χ3v) is 3.41. The number of para-hydroxylation sites is 1. The largest absolute Gasteiger partial charge is 0.292 e. The highest BCUT2D eigenvalue weighted by atomic mass is 15.4. The third-order valence-electron chi connectivity index (χ3n) is 3.41. The van der Waals surface area contributed by atoms with Gasteiger partial charge in [-0.25, -0.2) is 15.2 Å². The first kappa shape index (κ1) is 11.8. The molecule has 0 atom stereocenters. The average molecular weight is 276 g/mol. The van der Waals surface area contributed by atoms with Crippen molar-refractivity contribution in [3.63, 3.8) is 0 Å². The van der Waals surface area contributed by atoms with Crippen LogP contribution in [-0.2, 0) is 0 Å². The number of nitrogen functional groups attached to an aromatic ring is 1. The molecule has 6 heteroatoms. The normalized spacial score (nSPS) is 11.1. The van der Waals surface area contributed by atoms with Gasteiger partial charge in [0.25, 0.3) is 0 Å². The van der Waals surface area contributed by atoms with Crippen LogP contribution in [0.1, 0.15) is 0 Å². The molecule has 6 nitrogen and oxygen atoms in total. The van der Waals surface area contributed by atoms with Gasteiger partial charge in [-0.15, -0.1) is 10.2 Å². The van der Waals surface area contributed by atoms with Gasteiger partial charge in [-0.05, 0) is 12.1 Å². The molecule has 2 aromatic carbocycles. The topological polar surface area (TPSA) is 81.1 Å². The predicted octanol–water partition coefficient (Wildman–Crippen LogP) is 2.23. The van der Waals surface area contributed by atoms with Crippen LogP contribution in [0.15, 0.2) is 54.6 Å². The average Bonchev–Trinajstić information content (AvgIpc) is 2.99. The molecule has 4 aromatic rings. The van der Waals surface area contributed by atoms with E-state index in [4.69, 9.17) is 10.8 Å². The molecule has 0 spiro atoms. The maximum absolute atomic E-state index is 5.55. The summed E-state index contributed by atoms with van der Waals surface area (Å²) < 4.78 is 1.83. The summed E-state index contributed by atoms with van der Waals surface area (Å²) >= 11 is 0. The highest BCUT2D eigenvalue weighted by molar-refractivity contribution is 5.93. The lowest BCUT2D eigenvalue weighted by atomic mass is 10.2. The number of benzene rings is 2. The number of hydrogen-bond acceptors (Lipinski definition) is 5. The van der Waals surface area contributed by atoms with Crippen molar-refractivity contribution in [3.05, 3.63) is 54.6 Å². The molecule has 0 saturated carbocycles. The Morgan fingerprint density at radius 1 is 0.905 bits per heavy atom. The van der Waals surface area contributed by atoms with Crippen LogP contribution in [0.25, 0.3) is 27.9 Å². The number of nitrogens with two attached hydrogens (primary N) is 1. The van der Waals surface area contributed by atoms with Gasteiger partial charge >= 0.3 is 0 Å². The van der Waals surface area contributed by atoms with Crippen molar-refractivity contribution in [1.29, 1.82) is 0 Å². The summed E-state index contributed by atoms with van der Waals surface area (Å²) in [5, 5.41) is 9.26. The molecule has 2 heterocycles. The number of rotatable bonds is 2. The minimum atomic E-state index is 0.460. The van der Waals surface area contributed by atoms with Gasteiger partial charge in [0.05, 0.1) is 5.52 Å². The first-order valence-electron chi connectivity index (χ1n) is 6.54. The molecule has 0 fully saturated rings. The van der Waals surface area contributed by atoms with Crippen molar-refractivity contribution in [3.8, 4) is 11.4 Å². The fourth-order valence-electron chi connectivity index (χ4n) is 2.46. The van der Waals surface area contributed by atoms with Crippen molar-refractivity contribution < 1.29 is 0 Å². The molecule has 0 aliphatic rings. The van der Waals surface area contributed by atoms with Crippen molar-refractivity contribution in [2.45, 2.75) is 0 Å². The minimum absolute atomic E-state index is 0.460. The highest BCUT2D eigenvalue weighted by Gasteiger charge is 2.15. The van der Waals surface area contributed by atoms with E-state index in [2.05, 4.69) is 15.6 Å². The smallest absolute Gasteiger partial charge is 0.244 e. The van der Waals surface area contributed by atoms with Gasteiger partial charge in [0.15, 0.2) is 5.65 Å². The van der Waals surface area contributed by atoms with Crippen LogP contribution in [0, 0.1) is 0 Å². The molecule has 0 unspecified atom stereocenters. The number of nitrogens with zero attached hydrogens (tertiary/aromatic N) is 4. The first-order valence-corrected chi connectivity index (χ1v) is 6.54. The van der Waals surface area contributed by atoms with Crippen LogP contribution >= 0.6 is 0 Å². The van der Waals surface area contributed by atoms with Gasteiger partial charge in [0, 0.05) is 10.9 Å². The SMILES string of the molecule is NNc1nnc2c3ccccc3nc(-c3ccccc3)n12. The maximum Gasteiger partial charge on any atom is 0.244 e. The van der Waals surface area contributed by atoms with Crippen LogP contribution in [0.5, 0.6) is 0 Å². The molecule has 102 valence electrons. The van der Waals surface area contributed by atoms with Gasteiger partial charge in [0.1, 0.15) is 5.82 Å². The lowest BCUT2D eigenvalue weighted by molar-refractivity contribution is 1.06. The van der Waals surface area contributed by atoms with E-state index in [1.807, 2.05) is 59.0 Å². The zero-order chi connectivity index (χ0) is 14.2. The summed E-state index contributed by atoms with van der Waals surface area (Å²) in [5.74, 6) is 6.76. The van der Waals surface area contributed by atoms with Crippen LogP contribution < -0.4 is 11.3 Å². The van der Waals surface area contributed by atoms with Crippen LogP contribution in [0.2, 0.25) is 0 Å². The van der Waals surface area contributed by atoms with Crippen molar-refractivity contribution in [2.24, 2.45) is 5.84 Å². The fourth-order valence-corrected chi connectivity index (χ4v) is 2.46. The second kappa shape index (κ2) is 4.53. The minimum Gasteiger partial charge on any atom is -0.292 e. The molecule has 0 aliphatic heterocycles. The molecule has 0 aliphatic carbocycles. The second-order valence-electron chi connectivity index (χ2n) is 4.65. The molecule has 0 saturated heterocycles. The van der Waals surface area contributed by atoms with Crippen LogP contribution in [0.3, 0.4) is 0 Å². The number of nitrogens with one attached hydrogen (secondary N) is 1. The zero-order valence-electron chi connectivity index (χ0n) is 11.1. The Balaban J connectivity index is 2.19. The van der Waals surface area contributed by atoms with E-state index in [-0.39, 0.29) is 0 Å². The quantitative estimate of drug-likeness (QED) is 0.433. The zero-order valence-corrected chi connectivity index (χ0v) is 11.1. The standard InChI is InChI=1S/C15H12N6/c16-18-15-20-19-14-11-8-4-5-9-12(11)17-13(21(14)15)10-6-2-1-3-7-10/h1-9H,16H2,(H,18,20). The molecule has 21 heavy (non-hydrogen) atoms. The summed E-state index contributed by atoms with van der Waals surface area (Å²) in [6, 6.07) is 17.8. The number of hydrogen-bond donors (Lipinski definition) is 2. The number of anilines is 1. The van der Waals surface area contributed by atoms with E-state index in [9.17, 15) is 0 Å². The molecule has 0 bridgehead atoms. The van der Waals surface area contributed by atoms with Gasteiger partial charge in [-0.2, -0.15) is 0 Å². The summed E-state index contributed by atoms with van der Waals surface area (Å²) in [6.45, 7) is 0. The summed E-state index contributed by atoms with van der Waals surface area (Å²) in [5.41, 5.74) is 5.15. The van der Waals surface area contributed by atoms with Gasteiger partial charge < -0.3 is 0 Å². The Kier molecular flexibility index (Phi) is 2.55. The fraction of sp³-hybridized carbons (Fsp3) is 0. The van der Waals surface area contributed by atoms with Crippen molar-refractivity contribution >= 4 is 22.5 Å². The van der Waals surface area contributed by atoms with E-state index in [0.717, 1.165) is 27.9 Å². The molecule has 2 aromatic heterocycles. The Bertz CT molecular complexity index is 929. The Morgan fingerprint density at radius 3 is 2.48 bits per heavy atom. The molecule has 3 N–H and O–H groups in total. The van der Waals surface area contributed by atoms with E-state index >= 15 is 0 Å². The second-order valence-corrected chi connectivity index (χ2v) is 4.65. The van der Waals surface area contributed by atoms with Crippen LogP contribution in [-0.4, -0.2) is 19.6 Å². The monoisotopic (exact) mass is 276 g/mol. The highest BCUT2D eigenvalue weighted by Crippen LogP contribution is 2.26. The molecule has 4 rings (SSSR count). The van der Waals surface area contributed by atoms with Gasteiger partial charge in [0.2, 0.25) is 5.95 Å². The summed E-state index contributed by atoms with van der Waals surface area (Å²) in [4.78, 5) is 4.74. The molecule has 0 amide bonds. The predicted molar refractivity (Wildman–Crippen MR) is 81.5 cm³/mol. The van der Waals surface area contributed by atoms with E-state index in [0.29, 0.717) is 5.95 Å². The summed E-state index contributed by atoms with van der Waals surface area (Å²) in [6.07, 6.45) is 0. The summed E-state index contributed by atoms with van der Waals surface area (Å²) in [7, 11) is 0. The lowest BCUT2D eigenvalue weighted by Crippen LogP contribution is -2.11. The van der Waals surface area contributed by atoms with E-state index < -0.39 is 0 Å². The maximum atomic E-state index is 5.55. The number of hydrazine groups is 1. The number of fused-ring (bicyclic) bond motifs is 3. The Morgan fingerprint density at radius 2 is 1.67 bits per heavy atom.